The van der Waals surface area contributed by atoms with Gasteiger partial charge in [0.25, 0.3) is 5.56 Å². The van der Waals surface area contributed by atoms with Gasteiger partial charge in [0.1, 0.15) is 5.84 Å². The molecular formula is C25H27ClN6O2. The van der Waals surface area contributed by atoms with E-state index in [9.17, 15) is 9.59 Å². The van der Waals surface area contributed by atoms with Gasteiger partial charge in [-0.15, -0.1) is 0 Å². The summed E-state index contributed by atoms with van der Waals surface area (Å²) in [7, 11) is 0. The molecule has 6 N–H and O–H groups in total. The number of hydrogen-bond donors (Lipinski definition) is 4. The van der Waals surface area contributed by atoms with Crippen LogP contribution in [0.25, 0.3) is 11.3 Å². The Morgan fingerprint density at radius 3 is 2.56 bits per heavy atom. The fraction of sp³-hybridized carbons (Fsp3) is 0.280. The highest BCUT2D eigenvalue weighted by Crippen LogP contribution is 2.29. The van der Waals surface area contributed by atoms with Crippen LogP contribution in [-0.2, 0) is 17.8 Å². The Labute approximate surface area is 202 Å². The van der Waals surface area contributed by atoms with Gasteiger partial charge in [0.15, 0.2) is 16.8 Å². The van der Waals surface area contributed by atoms with Gasteiger partial charge in [-0.25, -0.2) is 4.98 Å². The zero-order valence-electron chi connectivity index (χ0n) is 18.7. The quantitative estimate of drug-likeness (QED) is 0.210. The summed E-state index contributed by atoms with van der Waals surface area (Å²) < 4.78 is 1.40. The van der Waals surface area contributed by atoms with E-state index in [1.807, 2.05) is 12.1 Å². The molecule has 0 atom stereocenters. The van der Waals surface area contributed by atoms with Crippen LogP contribution >= 0.6 is 11.6 Å². The first-order valence-corrected chi connectivity index (χ1v) is 11.6. The third-order valence-electron chi connectivity index (χ3n) is 6.02. The lowest BCUT2D eigenvalue weighted by molar-refractivity contribution is -0.119. The van der Waals surface area contributed by atoms with E-state index < -0.39 is 0 Å². The zero-order chi connectivity index (χ0) is 24.2. The number of nitrogens with two attached hydrogens (primary N) is 2. The Morgan fingerprint density at radius 2 is 1.94 bits per heavy atom. The summed E-state index contributed by atoms with van der Waals surface area (Å²) in [5.41, 5.74) is 14.1. The molecule has 1 aliphatic carbocycles. The number of Topliss-reactive ketones (excluding diaryl/α,β-unsaturated/α-hetero) is 1. The topological polar surface area (TPSA) is 140 Å². The number of hydrogen-bond acceptors (Lipinski definition) is 6. The Bertz CT molecular complexity index is 1280. The molecule has 1 aromatic heterocycles. The molecule has 1 saturated carbocycles. The number of anilines is 2. The number of nitrogens with one attached hydrogen (secondary N) is 2. The van der Waals surface area contributed by atoms with Crippen molar-refractivity contribution in [3.63, 3.8) is 0 Å². The molecule has 0 saturated heterocycles. The summed E-state index contributed by atoms with van der Waals surface area (Å²) in [4.78, 5) is 30.6. The Balaban J connectivity index is 1.60. The first-order valence-electron chi connectivity index (χ1n) is 11.2. The van der Waals surface area contributed by atoms with Gasteiger partial charge in [-0.1, -0.05) is 48.0 Å². The second-order valence-corrected chi connectivity index (χ2v) is 8.90. The van der Waals surface area contributed by atoms with Gasteiger partial charge in [-0.3, -0.25) is 19.6 Å². The lowest BCUT2D eigenvalue weighted by atomic mass is 9.93. The van der Waals surface area contributed by atoms with Crippen LogP contribution in [0.1, 0.15) is 36.8 Å². The average Bonchev–Trinajstić information content (AvgIpc) is 2.78. The average molecular weight is 479 g/mol. The van der Waals surface area contributed by atoms with E-state index in [1.54, 1.807) is 36.4 Å². The maximum absolute atomic E-state index is 13.4. The van der Waals surface area contributed by atoms with E-state index in [0.717, 1.165) is 24.8 Å². The fourth-order valence-electron chi connectivity index (χ4n) is 3.88. The second kappa shape index (κ2) is 10.1. The molecule has 3 aromatic rings. The largest absolute Gasteiger partial charge is 0.399 e. The van der Waals surface area contributed by atoms with Gasteiger partial charge < -0.3 is 16.8 Å². The number of rotatable bonds is 9. The van der Waals surface area contributed by atoms with Gasteiger partial charge in [-0.05, 0) is 43.4 Å². The third-order valence-corrected chi connectivity index (χ3v) is 6.28. The summed E-state index contributed by atoms with van der Waals surface area (Å²) in [5, 5.41) is 10.8. The summed E-state index contributed by atoms with van der Waals surface area (Å²) in [6.45, 7) is -0.129. The van der Waals surface area contributed by atoms with Crippen LogP contribution in [0, 0.1) is 5.41 Å². The minimum atomic E-state index is -0.382. The number of carbonyl (C=O) groups is 1. The molecule has 176 valence electrons. The van der Waals surface area contributed by atoms with Crippen molar-refractivity contribution in [3.8, 4) is 11.3 Å². The van der Waals surface area contributed by atoms with Crippen molar-refractivity contribution in [2.24, 2.45) is 5.73 Å². The number of nitrogen functional groups attached to an aromatic ring is 2. The van der Waals surface area contributed by atoms with Crippen molar-refractivity contribution in [2.75, 3.05) is 11.1 Å². The van der Waals surface area contributed by atoms with E-state index in [2.05, 4.69) is 10.3 Å². The minimum Gasteiger partial charge on any atom is -0.399 e. The highest BCUT2D eigenvalue weighted by Gasteiger charge is 2.23. The van der Waals surface area contributed by atoms with Crippen molar-refractivity contribution in [1.29, 1.82) is 5.41 Å². The van der Waals surface area contributed by atoms with Crippen LogP contribution in [0.4, 0.5) is 11.5 Å². The van der Waals surface area contributed by atoms with Gasteiger partial charge in [-0.2, -0.15) is 0 Å². The summed E-state index contributed by atoms with van der Waals surface area (Å²) in [6, 6.07) is 14.4. The third kappa shape index (κ3) is 5.28. The van der Waals surface area contributed by atoms with Crippen molar-refractivity contribution < 1.29 is 4.79 Å². The van der Waals surface area contributed by atoms with Gasteiger partial charge in [0.2, 0.25) is 0 Å². The lowest BCUT2D eigenvalue weighted by Gasteiger charge is -2.27. The first kappa shape index (κ1) is 23.5. The number of aromatic nitrogens is 2. The molecule has 0 aliphatic heterocycles. The highest BCUT2D eigenvalue weighted by molar-refractivity contribution is 6.32. The fourth-order valence-corrected chi connectivity index (χ4v) is 4.18. The molecule has 34 heavy (non-hydrogen) atoms. The van der Waals surface area contributed by atoms with E-state index in [0.29, 0.717) is 28.9 Å². The van der Waals surface area contributed by atoms with Crippen LogP contribution in [0.3, 0.4) is 0 Å². The molecule has 4 rings (SSSR count). The predicted molar refractivity (Wildman–Crippen MR) is 135 cm³/mol. The van der Waals surface area contributed by atoms with Gasteiger partial charge in [0.05, 0.1) is 12.2 Å². The van der Waals surface area contributed by atoms with Crippen LogP contribution in [-0.4, -0.2) is 27.2 Å². The maximum atomic E-state index is 13.4. The zero-order valence-corrected chi connectivity index (χ0v) is 19.4. The standard InChI is InChI=1S/C25H27ClN6O2/c26-22-21(17-3-1-4-18(27)13-17)32(25(34)24(31-22)30-19-5-2-6-19)14-20(33)12-9-15-7-10-16(11-8-15)23(28)29/h1,3-4,7-8,10-11,13,19H,2,5-6,9,12,14,27H2,(H3,28,29)(H,30,31). The molecule has 1 fully saturated rings. The van der Waals surface area contributed by atoms with E-state index in [-0.39, 0.29) is 47.2 Å². The molecule has 0 bridgehead atoms. The molecule has 9 heteroatoms. The number of nitrogens with zero attached hydrogens (tertiary/aromatic N) is 2. The van der Waals surface area contributed by atoms with Crippen LogP contribution < -0.4 is 22.3 Å². The van der Waals surface area contributed by atoms with Gasteiger partial charge >= 0.3 is 0 Å². The normalized spacial score (nSPS) is 13.3. The molecule has 2 aromatic carbocycles. The van der Waals surface area contributed by atoms with Gasteiger partial charge in [0, 0.05) is 29.3 Å². The number of amidine groups is 1. The Morgan fingerprint density at radius 1 is 1.21 bits per heavy atom. The number of aryl methyl sites for hydroxylation is 1. The molecule has 0 spiro atoms. The van der Waals surface area contributed by atoms with Crippen LogP contribution in [0.5, 0.6) is 0 Å². The molecule has 0 amide bonds. The number of benzene rings is 2. The van der Waals surface area contributed by atoms with Crippen molar-refractivity contribution in [1.82, 2.24) is 9.55 Å². The maximum Gasteiger partial charge on any atom is 0.294 e. The van der Waals surface area contributed by atoms with Crippen LogP contribution in [0.2, 0.25) is 5.15 Å². The van der Waals surface area contributed by atoms with Crippen molar-refractivity contribution in [2.45, 2.75) is 44.7 Å². The smallest absolute Gasteiger partial charge is 0.294 e. The Kier molecular flexibility index (Phi) is 6.98. The summed E-state index contributed by atoms with van der Waals surface area (Å²) in [5.74, 6) is 0.0479. The van der Waals surface area contributed by atoms with Crippen molar-refractivity contribution in [3.05, 3.63) is 75.2 Å². The lowest BCUT2D eigenvalue weighted by Crippen LogP contribution is -2.35. The number of halogens is 1. The first-order chi connectivity index (χ1) is 16.3. The molecule has 1 heterocycles. The molecular weight excluding hydrogens is 452 g/mol. The number of ketones is 1. The molecule has 8 nitrogen and oxygen atoms in total. The monoisotopic (exact) mass is 478 g/mol. The highest BCUT2D eigenvalue weighted by atomic mass is 35.5. The van der Waals surface area contributed by atoms with Crippen LogP contribution in [0.15, 0.2) is 53.3 Å². The van der Waals surface area contributed by atoms with Crippen molar-refractivity contribution >= 4 is 34.7 Å². The summed E-state index contributed by atoms with van der Waals surface area (Å²) in [6.07, 6.45) is 3.79. The molecule has 1 aliphatic rings. The predicted octanol–water partition coefficient (Wildman–Crippen LogP) is 3.60. The Hall–Kier alpha value is -3.65. The molecule has 0 radical (unpaired) electrons. The summed E-state index contributed by atoms with van der Waals surface area (Å²) >= 11 is 6.54. The molecule has 0 unspecified atom stereocenters. The van der Waals surface area contributed by atoms with E-state index in [1.165, 1.54) is 4.57 Å². The van der Waals surface area contributed by atoms with E-state index >= 15 is 0 Å². The SMILES string of the molecule is N=C(N)c1ccc(CCC(=O)Cn2c(-c3cccc(N)c3)c(Cl)nc(NC3CCC3)c2=O)cc1. The number of carbonyl (C=O) groups excluding carboxylic acids is 1. The minimum absolute atomic E-state index is 0.00281. The van der Waals surface area contributed by atoms with E-state index in [4.69, 9.17) is 28.5 Å². The second-order valence-electron chi connectivity index (χ2n) is 8.54.